The van der Waals surface area contributed by atoms with Crippen LogP contribution in [0.3, 0.4) is 0 Å². The lowest BCUT2D eigenvalue weighted by molar-refractivity contribution is 0.188. The SMILES string of the molecule is CC1CCN(c2ncnc(N3CCN(CCO)CC3)c2N)CC1. The molecule has 128 valence electrons. The highest BCUT2D eigenvalue weighted by molar-refractivity contribution is 5.75. The minimum atomic E-state index is 0.215. The van der Waals surface area contributed by atoms with E-state index in [9.17, 15) is 0 Å². The first-order chi connectivity index (χ1) is 11.2. The molecular formula is C16H28N6O. The molecule has 0 spiro atoms. The van der Waals surface area contributed by atoms with E-state index in [0.717, 1.165) is 63.4 Å². The van der Waals surface area contributed by atoms with Crippen molar-refractivity contribution in [2.45, 2.75) is 19.8 Å². The summed E-state index contributed by atoms with van der Waals surface area (Å²) in [4.78, 5) is 15.7. The molecule has 2 fully saturated rings. The molecule has 23 heavy (non-hydrogen) atoms. The minimum absolute atomic E-state index is 0.215. The second-order valence-corrected chi connectivity index (χ2v) is 6.66. The molecule has 1 aromatic heterocycles. The summed E-state index contributed by atoms with van der Waals surface area (Å²) >= 11 is 0. The Morgan fingerprint density at radius 1 is 1.04 bits per heavy atom. The van der Waals surface area contributed by atoms with Crippen LogP contribution in [-0.4, -0.2) is 72.4 Å². The first kappa shape index (κ1) is 16.3. The Labute approximate surface area is 138 Å². The Balaban J connectivity index is 1.70. The monoisotopic (exact) mass is 320 g/mol. The second-order valence-electron chi connectivity index (χ2n) is 6.66. The van der Waals surface area contributed by atoms with E-state index in [2.05, 4.69) is 31.6 Å². The molecule has 3 rings (SSSR count). The van der Waals surface area contributed by atoms with E-state index in [1.54, 1.807) is 6.33 Å². The summed E-state index contributed by atoms with van der Waals surface area (Å²) in [5, 5.41) is 9.04. The predicted octanol–water partition coefficient (Wildman–Crippen LogP) is 0.409. The fourth-order valence-corrected chi connectivity index (χ4v) is 3.43. The van der Waals surface area contributed by atoms with Crippen molar-refractivity contribution in [1.82, 2.24) is 14.9 Å². The van der Waals surface area contributed by atoms with Crippen molar-refractivity contribution in [2.24, 2.45) is 5.92 Å². The van der Waals surface area contributed by atoms with Crippen LogP contribution in [0.5, 0.6) is 0 Å². The molecular weight excluding hydrogens is 292 g/mol. The summed E-state index contributed by atoms with van der Waals surface area (Å²) in [7, 11) is 0. The van der Waals surface area contributed by atoms with Crippen molar-refractivity contribution in [1.29, 1.82) is 0 Å². The molecule has 0 saturated carbocycles. The van der Waals surface area contributed by atoms with Crippen molar-refractivity contribution in [3.8, 4) is 0 Å². The van der Waals surface area contributed by atoms with Crippen molar-refractivity contribution in [3.63, 3.8) is 0 Å². The molecule has 7 heteroatoms. The molecule has 1 aromatic rings. The third-order valence-electron chi connectivity index (χ3n) is 5.01. The van der Waals surface area contributed by atoms with E-state index in [-0.39, 0.29) is 6.61 Å². The topological polar surface area (TPSA) is 81.8 Å². The zero-order valence-electron chi connectivity index (χ0n) is 14.0. The number of anilines is 3. The molecule has 2 aliphatic rings. The summed E-state index contributed by atoms with van der Waals surface area (Å²) in [6.07, 6.45) is 4.02. The summed E-state index contributed by atoms with van der Waals surface area (Å²) in [6.45, 7) is 8.93. The third kappa shape index (κ3) is 3.67. The van der Waals surface area contributed by atoms with Gasteiger partial charge in [0.1, 0.15) is 12.0 Å². The smallest absolute Gasteiger partial charge is 0.157 e. The molecule has 0 bridgehead atoms. The molecule has 0 aromatic carbocycles. The van der Waals surface area contributed by atoms with E-state index >= 15 is 0 Å². The van der Waals surface area contributed by atoms with Gasteiger partial charge in [-0.3, -0.25) is 4.90 Å². The normalized spacial score (nSPS) is 21.0. The van der Waals surface area contributed by atoms with Gasteiger partial charge in [-0.15, -0.1) is 0 Å². The first-order valence-corrected chi connectivity index (χ1v) is 8.62. The van der Waals surface area contributed by atoms with Gasteiger partial charge in [0, 0.05) is 45.8 Å². The zero-order chi connectivity index (χ0) is 16.2. The molecule has 0 amide bonds. The molecule has 0 radical (unpaired) electrons. The number of aliphatic hydroxyl groups is 1. The molecule has 7 nitrogen and oxygen atoms in total. The van der Waals surface area contributed by atoms with E-state index < -0.39 is 0 Å². The Morgan fingerprint density at radius 2 is 1.61 bits per heavy atom. The number of nitrogens with two attached hydrogens (primary N) is 1. The van der Waals surface area contributed by atoms with Crippen LogP contribution in [0.15, 0.2) is 6.33 Å². The molecule has 2 aliphatic heterocycles. The number of piperazine rings is 1. The predicted molar refractivity (Wildman–Crippen MR) is 92.8 cm³/mol. The maximum atomic E-state index is 9.04. The lowest BCUT2D eigenvalue weighted by Crippen LogP contribution is -2.47. The van der Waals surface area contributed by atoms with Crippen molar-refractivity contribution in [3.05, 3.63) is 6.33 Å². The van der Waals surface area contributed by atoms with Gasteiger partial charge in [0.25, 0.3) is 0 Å². The van der Waals surface area contributed by atoms with Crippen LogP contribution < -0.4 is 15.5 Å². The third-order valence-corrected chi connectivity index (χ3v) is 5.01. The van der Waals surface area contributed by atoms with Gasteiger partial charge in [0.05, 0.1) is 6.61 Å². The maximum Gasteiger partial charge on any atom is 0.157 e. The summed E-state index contributed by atoms with van der Waals surface area (Å²) in [5.74, 6) is 2.53. The standard InChI is InChI=1S/C16H28N6O/c1-13-2-4-21(5-3-13)15-14(17)16(19-12-18-15)22-8-6-20(7-9-22)10-11-23/h12-13,23H,2-11,17H2,1H3. The van der Waals surface area contributed by atoms with Crippen LogP contribution in [0.4, 0.5) is 17.3 Å². The number of nitrogen functional groups attached to an aromatic ring is 1. The molecule has 3 heterocycles. The molecule has 2 saturated heterocycles. The van der Waals surface area contributed by atoms with Crippen LogP contribution in [0.2, 0.25) is 0 Å². The molecule has 0 atom stereocenters. The van der Waals surface area contributed by atoms with Crippen LogP contribution in [0.25, 0.3) is 0 Å². The number of hydrogen-bond donors (Lipinski definition) is 2. The lowest BCUT2D eigenvalue weighted by Gasteiger charge is -2.36. The van der Waals surface area contributed by atoms with E-state index in [0.29, 0.717) is 5.69 Å². The Bertz CT molecular complexity index is 509. The molecule has 3 N–H and O–H groups in total. The average Bonchev–Trinajstić information content (AvgIpc) is 2.57. The van der Waals surface area contributed by atoms with Crippen LogP contribution >= 0.6 is 0 Å². The number of aromatic nitrogens is 2. The van der Waals surface area contributed by atoms with Crippen molar-refractivity contribution in [2.75, 3.05) is 68.0 Å². The molecule has 0 unspecified atom stereocenters. The quantitative estimate of drug-likeness (QED) is 0.831. The zero-order valence-corrected chi connectivity index (χ0v) is 14.0. The van der Waals surface area contributed by atoms with Gasteiger partial charge in [-0.1, -0.05) is 6.92 Å². The van der Waals surface area contributed by atoms with Crippen molar-refractivity contribution < 1.29 is 5.11 Å². The van der Waals surface area contributed by atoms with Gasteiger partial charge in [0.2, 0.25) is 0 Å². The number of rotatable bonds is 4. The number of piperidine rings is 1. The van der Waals surface area contributed by atoms with Crippen molar-refractivity contribution >= 4 is 17.3 Å². The summed E-state index contributed by atoms with van der Waals surface area (Å²) in [6, 6.07) is 0. The molecule has 0 aliphatic carbocycles. The number of aliphatic hydroxyl groups excluding tert-OH is 1. The van der Waals surface area contributed by atoms with Crippen LogP contribution in [-0.2, 0) is 0 Å². The Morgan fingerprint density at radius 3 is 2.17 bits per heavy atom. The van der Waals surface area contributed by atoms with E-state index in [1.165, 1.54) is 12.8 Å². The summed E-state index contributed by atoms with van der Waals surface area (Å²) in [5.41, 5.74) is 7.12. The second kappa shape index (κ2) is 7.31. The van der Waals surface area contributed by atoms with Gasteiger partial charge in [0.15, 0.2) is 11.6 Å². The van der Waals surface area contributed by atoms with Gasteiger partial charge >= 0.3 is 0 Å². The van der Waals surface area contributed by atoms with Gasteiger partial charge in [-0.05, 0) is 18.8 Å². The number of nitrogens with zero attached hydrogens (tertiary/aromatic N) is 5. The van der Waals surface area contributed by atoms with Crippen LogP contribution in [0.1, 0.15) is 19.8 Å². The summed E-state index contributed by atoms with van der Waals surface area (Å²) < 4.78 is 0. The fraction of sp³-hybridized carbons (Fsp3) is 0.750. The van der Waals surface area contributed by atoms with E-state index in [4.69, 9.17) is 10.8 Å². The Hall–Kier alpha value is -1.60. The van der Waals surface area contributed by atoms with Crippen LogP contribution in [0, 0.1) is 5.92 Å². The highest BCUT2D eigenvalue weighted by Crippen LogP contribution is 2.31. The number of hydrogen-bond acceptors (Lipinski definition) is 7. The first-order valence-electron chi connectivity index (χ1n) is 8.62. The maximum absolute atomic E-state index is 9.04. The van der Waals surface area contributed by atoms with Gasteiger partial charge in [-0.25, -0.2) is 9.97 Å². The van der Waals surface area contributed by atoms with Gasteiger partial charge in [-0.2, -0.15) is 0 Å². The number of β-amino-alcohol motifs (C(OH)–C–C–N with tert-alkyl or cyclic N) is 1. The lowest BCUT2D eigenvalue weighted by atomic mass is 9.99. The van der Waals surface area contributed by atoms with E-state index in [1.807, 2.05) is 0 Å². The van der Waals surface area contributed by atoms with Gasteiger partial charge < -0.3 is 20.6 Å². The average molecular weight is 320 g/mol. The largest absolute Gasteiger partial charge is 0.395 e. The highest BCUT2D eigenvalue weighted by atomic mass is 16.3. The Kier molecular flexibility index (Phi) is 5.17. The minimum Gasteiger partial charge on any atom is -0.395 e. The highest BCUT2D eigenvalue weighted by Gasteiger charge is 2.24. The fourth-order valence-electron chi connectivity index (χ4n) is 3.43.